The Hall–Kier alpha value is -0.840. The van der Waals surface area contributed by atoms with Crippen LogP contribution in [0.4, 0.5) is 5.95 Å². The number of hydrogen-bond acceptors (Lipinski definition) is 4. The second-order valence-corrected chi connectivity index (χ2v) is 7.15. The van der Waals surface area contributed by atoms with Crippen molar-refractivity contribution >= 4 is 21.9 Å². The summed E-state index contributed by atoms with van der Waals surface area (Å²) in [5.41, 5.74) is 0.174. The molecular weight excluding hydrogens is 294 g/mol. The lowest BCUT2D eigenvalue weighted by Gasteiger charge is -2.33. The van der Waals surface area contributed by atoms with E-state index in [0.717, 1.165) is 10.9 Å². The predicted octanol–water partition coefficient (Wildman–Crippen LogP) is 3.87. The van der Waals surface area contributed by atoms with Crippen molar-refractivity contribution < 1.29 is 4.74 Å². The fourth-order valence-electron chi connectivity index (χ4n) is 2.23. The molecule has 0 bridgehead atoms. The van der Waals surface area contributed by atoms with Crippen LogP contribution >= 0.6 is 15.9 Å². The Balaban J connectivity index is 2.84. The van der Waals surface area contributed by atoms with E-state index in [1.54, 1.807) is 13.3 Å². The van der Waals surface area contributed by atoms with E-state index in [1.165, 1.54) is 0 Å². The van der Waals surface area contributed by atoms with Crippen LogP contribution in [0.25, 0.3) is 0 Å². The van der Waals surface area contributed by atoms with Crippen molar-refractivity contribution in [3.8, 4) is 5.88 Å². The Bertz CT molecular complexity index is 413. The molecule has 0 aliphatic rings. The number of hydrogen-bond donors (Lipinski definition) is 1. The van der Waals surface area contributed by atoms with Gasteiger partial charge in [0, 0.05) is 5.54 Å². The van der Waals surface area contributed by atoms with Gasteiger partial charge in [0.2, 0.25) is 11.8 Å². The van der Waals surface area contributed by atoms with Crippen LogP contribution in [0.15, 0.2) is 10.7 Å². The van der Waals surface area contributed by atoms with E-state index in [9.17, 15) is 0 Å². The van der Waals surface area contributed by atoms with Gasteiger partial charge in [-0.25, -0.2) is 4.98 Å². The Kier molecular flexibility index (Phi) is 4.59. The minimum Gasteiger partial charge on any atom is -0.480 e. The zero-order valence-corrected chi connectivity index (χ0v) is 13.6. The quantitative estimate of drug-likeness (QED) is 0.916. The molecule has 0 atom stereocenters. The number of halogens is 1. The highest BCUT2D eigenvalue weighted by Crippen LogP contribution is 2.30. The number of rotatable bonds is 4. The average molecular weight is 316 g/mol. The molecule has 0 fully saturated rings. The summed E-state index contributed by atoms with van der Waals surface area (Å²) in [7, 11) is 1.59. The highest BCUT2D eigenvalue weighted by molar-refractivity contribution is 9.10. The van der Waals surface area contributed by atoms with Crippen LogP contribution in [-0.4, -0.2) is 22.6 Å². The normalized spacial score (nSPS) is 12.4. The molecule has 0 aromatic carbocycles. The van der Waals surface area contributed by atoms with Crippen molar-refractivity contribution in [3.05, 3.63) is 10.7 Å². The molecule has 5 heteroatoms. The lowest BCUT2D eigenvalue weighted by molar-refractivity contribution is 0.301. The van der Waals surface area contributed by atoms with Crippen molar-refractivity contribution in [1.29, 1.82) is 0 Å². The predicted molar refractivity (Wildman–Crippen MR) is 78.1 cm³/mol. The third-order valence-corrected chi connectivity index (χ3v) is 2.87. The molecule has 0 aliphatic carbocycles. The molecule has 0 radical (unpaired) electrons. The summed E-state index contributed by atoms with van der Waals surface area (Å²) >= 11 is 3.34. The fourth-order valence-corrected chi connectivity index (χ4v) is 2.58. The molecule has 0 unspecified atom stereocenters. The van der Waals surface area contributed by atoms with E-state index in [4.69, 9.17) is 4.74 Å². The first kappa shape index (κ1) is 15.2. The number of nitrogens with zero attached hydrogens (tertiary/aromatic N) is 2. The molecule has 18 heavy (non-hydrogen) atoms. The molecule has 1 aromatic heterocycles. The lowest BCUT2D eigenvalue weighted by atomic mass is 9.82. The third kappa shape index (κ3) is 4.80. The lowest BCUT2D eigenvalue weighted by Crippen LogP contribution is -2.36. The summed E-state index contributed by atoms with van der Waals surface area (Å²) in [5, 5.41) is 3.35. The molecule has 1 heterocycles. The van der Waals surface area contributed by atoms with E-state index in [2.05, 4.69) is 65.8 Å². The number of nitrogens with one attached hydrogen (secondary N) is 1. The molecule has 1 N–H and O–H groups in total. The van der Waals surface area contributed by atoms with Crippen LogP contribution in [0.2, 0.25) is 0 Å². The minimum atomic E-state index is -0.0723. The van der Waals surface area contributed by atoms with Crippen molar-refractivity contribution in [1.82, 2.24) is 9.97 Å². The van der Waals surface area contributed by atoms with E-state index in [-0.39, 0.29) is 11.0 Å². The van der Waals surface area contributed by atoms with Gasteiger partial charge in [0.25, 0.3) is 0 Å². The van der Waals surface area contributed by atoms with Gasteiger partial charge in [-0.3, -0.25) is 0 Å². The van der Waals surface area contributed by atoms with Crippen molar-refractivity contribution in [2.24, 2.45) is 5.41 Å². The van der Waals surface area contributed by atoms with Crippen molar-refractivity contribution in [3.63, 3.8) is 0 Å². The minimum absolute atomic E-state index is 0.0723. The monoisotopic (exact) mass is 315 g/mol. The van der Waals surface area contributed by atoms with Gasteiger partial charge in [0.05, 0.1) is 17.8 Å². The SMILES string of the molecule is COc1nc(NC(C)(C)CC(C)(C)C)ncc1Br. The Morgan fingerprint density at radius 2 is 1.89 bits per heavy atom. The second kappa shape index (κ2) is 5.43. The smallest absolute Gasteiger partial charge is 0.232 e. The molecule has 0 saturated heterocycles. The topological polar surface area (TPSA) is 47.0 Å². The highest BCUT2D eigenvalue weighted by Gasteiger charge is 2.26. The zero-order chi connectivity index (χ0) is 14.0. The first-order valence-electron chi connectivity index (χ1n) is 5.98. The van der Waals surface area contributed by atoms with E-state index < -0.39 is 0 Å². The maximum atomic E-state index is 5.16. The van der Waals surface area contributed by atoms with Crippen LogP contribution in [-0.2, 0) is 0 Å². The van der Waals surface area contributed by atoms with Gasteiger partial charge in [0.1, 0.15) is 0 Å². The Morgan fingerprint density at radius 1 is 1.28 bits per heavy atom. The number of anilines is 1. The second-order valence-electron chi connectivity index (χ2n) is 6.30. The molecule has 0 amide bonds. The molecule has 0 spiro atoms. The van der Waals surface area contributed by atoms with Crippen LogP contribution in [0, 0.1) is 5.41 Å². The van der Waals surface area contributed by atoms with Gasteiger partial charge in [-0.1, -0.05) is 20.8 Å². The maximum absolute atomic E-state index is 5.16. The van der Waals surface area contributed by atoms with Gasteiger partial charge in [0.15, 0.2) is 0 Å². The molecular formula is C13H22BrN3O. The van der Waals surface area contributed by atoms with Gasteiger partial charge in [-0.15, -0.1) is 0 Å². The van der Waals surface area contributed by atoms with Gasteiger partial charge < -0.3 is 10.1 Å². The van der Waals surface area contributed by atoms with Crippen molar-refractivity contribution in [2.45, 2.75) is 46.6 Å². The van der Waals surface area contributed by atoms with Crippen LogP contribution in [0.3, 0.4) is 0 Å². The number of aromatic nitrogens is 2. The Morgan fingerprint density at radius 3 is 2.39 bits per heavy atom. The highest BCUT2D eigenvalue weighted by atomic mass is 79.9. The molecule has 1 rings (SSSR count). The van der Waals surface area contributed by atoms with Gasteiger partial charge in [-0.05, 0) is 41.6 Å². The fraction of sp³-hybridized carbons (Fsp3) is 0.692. The third-order valence-electron chi connectivity index (χ3n) is 2.33. The maximum Gasteiger partial charge on any atom is 0.232 e. The summed E-state index contributed by atoms with van der Waals surface area (Å²) in [6.07, 6.45) is 2.71. The first-order valence-corrected chi connectivity index (χ1v) is 6.77. The standard InChI is InChI=1S/C13H22BrN3O/c1-12(2,3)8-13(4,5)17-11-15-7-9(14)10(16-11)18-6/h7H,8H2,1-6H3,(H,15,16,17). The largest absolute Gasteiger partial charge is 0.480 e. The Labute approximate surface area is 118 Å². The van der Waals surface area contributed by atoms with Gasteiger partial charge in [-0.2, -0.15) is 4.98 Å². The summed E-state index contributed by atoms with van der Waals surface area (Å²) in [5.74, 6) is 1.13. The number of methoxy groups -OCH3 is 1. The summed E-state index contributed by atoms with van der Waals surface area (Å²) in [4.78, 5) is 8.57. The average Bonchev–Trinajstić information content (AvgIpc) is 2.16. The summed E-state index contributed by atoms with van der Waals surface area (Å²) in [6, 6.07) is 0. The molecule has 0 saturated carbocycles. The van der Waals surface area contributed by atoms with E-state index >= 15 is 0 Å². The number of ether oxygens (including phenoxy) is 1. The first-order chi connectivity index (χ1) is 8.13. The summed E-state index contributed by atoms with van der Waals surface area (Å²) in [6.45, 7) is 11.0. The van der Waals surface area contributed by atoms with Crippen molar-refractivity contribution in [2.75, 3.05) is 12.4 Å². The molecule has 0 aliphatic heterocycles. The zero-order valence-electron chi connectivity index (χ0n) is 12.0. The van der Waals surface area contributed by atoms with Crippen LogP contribution < -0.4 is 10.1 Å². The van der Waals surface area contributed by atoms with Gasteiger partial charge >= 0.3 is 0 Å². The van der Waals surface area contributed by atoms with E-state index in [1.807, 2.05) is 0 Å². The molecule has 102 valence electrons. The molecule has 4 nitrogen and oxygen atoms in total. The van der Waals surface area contributed by atoms with Crippen LogP contribution in [0.5, 0.6) is 5.88 Å². The van der Waals surface area contributed by atoms with Crippen LogP contribution in [0.1, 0.15) is 41.0 Å². The molecule has 1 aromatic rings. The van der Waals surface area contributed by atoms with E-state index in [0.29, 0.717) is 11.8 Å². The summed E-state index contributed by atoms with van der Waals surface area (Å²) < 4.78 is 5.92.